The number of aryl methyl sites for hydroxylation is 1. The Kier molecular flexibility index (Phi) is 8.49. The fraction of sp³-hybridized carbons (Fsp3) is 0.545. The van der Waals surface area contributed by atoms with E-state index in [-0.39, 0.29) is 23.4 Å². The van der Waals surface area contributed by atoms with Crippen molar-refractivity contribution in [2.75, 3.05) is 31.1 Å². The number of rotatable bonds is 1. The third kappa shape index (κ3) is 5.74. The molecule has 44 heavy (non-hydrogen) atoms. The van der Waals surface area contributed by atoms with Gasteiger partial charge in [0.1, 0.15) is 11.6 Å². The third-order valence-corrected chi connectivity index (χ3v) is 12.4. The lowest BCUT2D eigenvalue weighted by molar-refractivity contribution is -0.00917. The summed E-state index contributed by atoms with van der Waals surface area (Å²) < 4.78 is 51.0. The Morgan fingerprint density at radius 1 is 1.20 bits per heavy atom. The molecular formula is C33H41ClFN3O5S. The summed E-state index contributed by atoms with van der Waals surface area (Å²) in [6.45, 7) is 7.02. The normalized spacial score (nSPS) is 32.5. The Morgan fingerprint density at radius 3 is 2.73 bits per heavy atom. The van der Waals surface area contributed by atoms with Crippen LogP contribution in [0.1, 0.15) is 67.9 Å². The molecular weight excluding hydrogens is 605 g/mol. The fourth-order valence-corrected chi connectivity index (χ4v) is 8.88. The van der Waals surface area contributed by atoms with Crippen molar-refractivity contribution >= 4 is 33.2 Å². The van der Waals surface area contributed by atoms with E-state index in [1.165, 1.54) is 24.1 Å². The number of sulfonamides is 1. The molecule has 2 aromatic rings. The first-order valence-electron chi connectivity index (χ1n) is 15.5. The number of carbonyl (C=O) groups is 1. The highest BCUT2D eigenvalue weighted by Gasteiger charge is 2.45. The summed E-state index contributed by atoms with van der Waals surface area (Å²) in [4.78, 5) is 17.6. The monoisotopic (exact) mass is 645 g/mol. The van der Waals surface area contributed by atoms with Crippen LogP contribution in [-0.4, -0.2) is 74.0 Å². The number of nitrogens with zero attached hydrogens (tertiary/aromatic N) is 2. The molecule has 11 heteroatoms. The molecule has 2 aromatic carbocycles. The van der Waals surface area contributed by atoms with E-state index in [1.54, 1.807) is 32.0 Å². The van der Waals surface area contributed by atoms with Crippen molar-refractivity contribution in [2.45, 2.75) is 81.7 Å². The molecule has 1 fully saturated rings. The van der Waals surface area contributed by atoms with Crippen LogP contribution in [0.5, 0.6) is 5.75 Å². The van der Waals surface area contributed by atoms with Crippen LogP contribution >= 0.6 is 11.6 Å². The van der Waals surface area contributed by atoms with E-state index in [1.807, 2.05) is 17.0 Å². The molecule has 238 valence electrons. The van der Waals surface area contributed by atoms with Gasteiger partial charge in [-0.25, -0.2) is 17.5 Å². The van der Waals surface area contributed by atoms with Crippen LogP contribution in [0.25, 0.3) is 0 Å². The average molecular weight is 646 g/mol. The molecule has 1 amide bonds. The second kappa shape index (κ2) is 11.9. The first-order chi connectivity index (χ1) is 20.9. The molecule has 0 saturated carbocycles. The minimum Gasteiger partial charge on any atom is -0.490 e. The standard InChI is InChI=1S/C33H41ClFN3O5S/c1-20-6-10-28(35)31(21(2)39)38-14-12-26(38)17-37-18-33(13-4-5-23-15-25(34)8-9-27(23)33)19-43-30-11-7-24(16-29(30)37)32(40)36-44(41,42)22(20)3/h7-11,15-16,20-22,26,31,39H,4-6,12-14,17-19H2,1-3H3,(H,36,40)/b28-10-/t20-,21+,22+,26-,31-,33-/m0/s1. The molecule has 6 rings (SSSR count). The number of halogens is 2. The molecule has 2 bridgehead atoms. The number of allylic oxidation sites excluding steroid dienone is 1. The van der Waals surface area contributed by atoms with Crippen LogP contribution in [0.2, 0.25) is 5.02 Å². The van der Waals surface area contributed by atoms with Crippen molar-refractivity contribution in [2.24, 2.45) is 5.92 Å². The van der Waals surface area contributed by atoms with Gasteiger partial charge in [-0.15, -0.1) is 0 Å². The Morgan fingerprint density at radius 2 is 2.00 bits per heavy atom. The third-order valence-electron chi connectivity index (χ3n) is 10.2. The SMILES string of the molecule is C[C@@H]1[C@@H](C)C/C=C(\F)[C@H]([C@@H](C)O)N2CC[C@H]2CN2C[C@@]3(CCCc4cc(Cl)ccc43)COc3ccc(cc32)C(=O)NS1(=O)=O. The van der Waals surface area contributed by atoms with Gasteiger partial charge in [0, 0.05) is 41.7 Å². The number of carbonyl (C=O) groups excluding carboxylic acids is 1. The number of aliphatic hydroxyl groups excluding tert-OH is 1. The number of ether oxygens (including phenoxy) is 1. The molecule has 6 atom stereocenters. The van der Waals surface area contributed by atoms with Gasteiger partial charge in [0.2, 0.25) is 10.0 Å². The number of benzene rings is 2. The minimum atomic E-state index is -4.06. The Labute approximate surface area is 264 Å². The van der Waals surface area contributed by atoms with Gasteiger partial charge in [-0.2, -0.15) is 0 Å². The number of nitrogens with one attached hydrogen (secondary N) is 1. The first-order valence-corrected chi connectivity index (χ1v) is 17.5. The molecule has 3 aliphatic heterocycles. The fourth-order valence-electron chi connectivity index (χ4n) is 7.40. The highest BCUT2D eigenvalue weighted by molar-refractivity contribution is 7.90. The van der Waals surface area contributed by atoms with Gasteiger partial charge in [-0.05, 0) is 93.3 Å². The number of fused-ring (bicyclic) bond motifs is 4. The van der Waals surface area contributed by atoms with Crippen LogP contribution < -0.4 is 14.4 Å². The van der Waals surface area contributed by atoms with Crippen LogP contribution in [0, 0.1) is 5.92 Å². The number of hydrogen-bond acceptors (Lipinski definition) is 7. The number of aliphatic hydroxyl groups is 1. The van der Waals surface area contributed by atoms with Gasteiger partial charge in [0.15, 0.2) is 0 Å². The summed E-state index contributed by atoms with van der Waals surface area (Å²) in [5.41, 5.74) is 2.96. The molecule has 1 saturated heterocycles. The lowest BCUT2D eigenvalue weighted by Crippen LogP contribution is -2.61. The van der Waals surface area contributed by atoms with Crippen LogP contribution in [0.4, 0.5) is 10.1 Å². The zero-order valence-electron chi connectivity index (χ0n) is 25.4. The van der Waals surface area contributed by atoms with Crippen molar-refractivity contribution in [3.63, 3.8) is 0 Å². The zero-order chi connectivity index (χ0) is 31.4. The van der Waals surface area contributed by atoms with E-state index in [0.717, 1.165) is 25.7 Å². The minimum absolute atomic E-state index is 0.0489. The maximum absolute atomic E-state index is 15.8. The second-order valence-electron chi connectivity index (χ2n) is 13.1. The van der Waals surface area contributed by atoms with E-state index in [9.17, 15) is 18.3 Å². The summed E-state index contributed by atoms with van der Waals surface area (Å²) in [6, 6.07) is 10.2. The molecule has 3 heterocycles. The predicted molar refractivity (Wildman–Crippen MR) is 170 cm³/mol. The first kappa shape index (κ1) is 31.3. The Bertz CT molecular complexity index is 1580. The van der Waals surface area contributed by atoms with Crippen molar-refractivity contribution < 1.29 is 27.4 Å². The quantitative estimate of drug-likeness (QED) is 0.452. The van der Waals surface area contributed by atoms with Gasteiger partial charge >= 0.3 is 0 Å². The van der Waals surface area contributed by atoms with Gasteiger partial charge < -0.3 is 14.7 Å². The summed E-state index contributed by atoms with van der Waals surface area (Å²) in [5.74, 6) is -1.04. The summed E-state index contributed by atoms with van der Waals surface area (Å²) in [7, 11) is -4.06. The Hall–Kier alpha value is -2.66. The van der Waals surface area contributed by atoms with E-state index >= 15 is 4.39 Å². The largest absolute Gasteiger partial charge is 0.490 e. The van der Waals surface area contributed by atoms with E-state index in [2.05, 4.69) is 15.7 Å². The van der Waals surface area contributed by atoms with Crippen molar-refractivity contribution in [3.8, 4) is 5.75 Å². The molecule has 8 nitrogen and oxygen atoms in total. The molecule has 1 spiro atoms. The average Bonchev–Trinajstić information content (AvgIpc) is 3.12. The van der Waals surface area contributed by atoms with Gasteiger partial charge in [-0.1, -0.05) is 30.7 Å². The maximum Gasteiger partial charge on any atom is 0.264 e. The molecule has 0 unspecified atom stereocenters. The lowest BCUT2D eigenvalue weighted by atomic mass is 9.70. The van der Waals surface area contributed by atoms with Gasteiger partial charge in [0.25, 0.3) is 5.91 Å². The second-order valence-corrected chi connectivity index (χ2v) is 15.6. The molecule has 2 N–H and O–H groups in total. The van der Waals surface area contributed by atoms with E-state index in [4.69, 9.17) is 16.3 Å². The van der Waals surface area contributed by atoms with Crippen LogP contribution in [0.3, 0.4) is 0 Å². The molecule has 0 aromatic heterocycles. The van der Waals surface area contributed by atoms with Crippen LogP contribution in [-0.2, 0) is 21.9 Å². The highest BCUT2D eigenvalue weighted by atomic mass is 35.5. The topological polar surface area (TPSA) is 99.2 Å². The number of amides is 1. The smallest absolute Gasteiger partial charge is 0.264 e. The lowest BCUT2D eigenvalue weighted by Gasteiger charge is -2.49. The van der Waals surface area contributed by atoms with Crippen LogP contribution in [0.15, 0.2) is 48.3 Å². The zero-order valence-corrected chi connectivity index (χ0v) is 27.0. The predicted octanol–water partition coefficient (Wildman–Crippen LogP) is 4.98. The number of anilines is 1. The summed E-state index contributed by atoms with van der Waals surface area (Å²) >= 11 is 6.38. The maximum atomic E-state index is 15.8. The van der Waals surface area contributed by atoms with Crippen molar-refractivity contribution in [1.82, 2.24) is 9.62 Å². The number of hydrogen-bond donors (Lipinski definition) is 2. The molecule has 4 aliphatic rings. The molecule has 1 aliphatic carbocycles. The van der Waals surface area contributed by atoms with Gasteiger partial charge in [0.05, 0.1) is 29.7 Å². The summed E-state index contributed by atoms with van der Waals surface area (Å²) in [6.07, 6.45) is 4.21. The van der Waals surface area contributed by atoms with Gasteiger partial charge in [-0.3, -0.25) is 9.69 Å². The van der Waals surface area contributed by atoms with E-state index in [0.29, 0.717) is 42.7 Å². The Balaban J connectivity index is 1.45. The highest BCUT2D eigenvalue weighted by Crippen LogP contribution is 2.45. The molecule has 0 radical (unpaired) electrons. The van der Waals surface area contributed by atoms with Crippen molar-refractivity contribution in [1.29, 1.82) is 0 Å². The summed E-state index contributed by atoms with van der Waals surface area (Å²) in [5, 5.41) is 10.5. The van der Waals surface area contributed by atoms with E-state index < -0.39 is 45.1 Å². The van der Waals surface area contributed by atoms with Crippen molar-refractivity contribution in [3.05, 3.63) is 70.0 Å².